The Morgan fingerprint density at radius 1 is 0.935 bits per heavy atom. The third-order valence-electron chi connectivity index (χ3n) is 6.70. The van der Waals surface area contributed by atoms with Gasteiger partial charge in [-0.05, 0) is 55.2 Å². The number of hydrogen-bond acceptors (Lipinski definition) is 5. The molecule has 31 heavy (non-hydrogen) atoms. The topological polar surface area (TPSA) is 78.5 Å². The van der Waals surface area contributed by atoms with Crippen molar-refractivity contribution >= 4 is 11.2 Å². The lowest BCUT2D eigenvalue weighted by Gasteiger charge is -2.32. The molecule has 4 unspecified atom stereocenters. The van der Waals surface area contributed by atoms with Crippen molar-refractivity contribution in [1.82, 2.24) is 30.8 Å². The van der Waals surface area contributed by atoms with Gasteiger partial charge in [-0.2, -0.15) is 0 Å². The monoisotopic (exact) mass is 414 g/mol. The van der Waals surface area contributed by atoms with Gasteiger partial charge in [-0.25, -0.2) is 19.8 Å². The van der Waals surface area contributed by atoms with Gasteiger partial charge in [-0.3, -0.25) is 10.4 Å². The SMILES string of the molecule is Fc1cccc(-c2ccnc3nc(C4NNC5CCC(c6ccccn6)CC54)[nH]c23)c1. The maximum Gasteiger partial charge on any atom is 0.178 e. The molecule has 1 aliphatic carbocycles. The second-order valence-electron chi connectivity index (χ2n) is 8.49. The van der Waals surface area contributed by atoms with Crippen molar-refractivity contribution in [2.24, 2.45) is 5.92 Å². The first-order valence-corrected chi connectivity index (χ1v) is 10.8. The molecule has 6 nitrogen and oxygen atoms in total. The molecule has 0 radical (unpaired) electrons. The van der Waals surface area contributed by atoms with E-state index in [9.17, 15) is 4.39 Å². The summed E-state index contributed by atoms with van der Waals surface area (Å²) in [5.41, 5.74) is 11.3. The Bertz CT molecular complexity index is 1220. The summed E-state index contributed by atoms with van der Waals surface area (Å²) in [6, 6.07) is 15.2. The third-order valence-corrected chi connectivity index (χ3v) is 6.70. The summed E-state index contributed by atoms with van der Waals surface area (Å²) in [5, 5.41) is 0. The molecular formula is C24H23FN6. The molecule has 4 heterocycles. The van der Waals surface area contributed by atoms with Gasteiger partial charge in [0.2, 0.25) is 0 Å². The summed E-state index contributed by atoms with van der Waals surface area (Å²) < 4.78 is 13.8. The number of fused-ring (bicyclic) bond motifs is 2. The molecule has 0 spiro atoms. The van der Waals surface area contributed by atoms with E-state index in [0.29, 0.717) is 23.5 Å². The fraction of sp³-hybridized carbons (Fsp3) is 0.292. The van der Waals surface area contributed by atoms with Crippen molar-refractivity contribution in [1.29, 1.82) is 0 Å². The van der Waals surface area contributed by atoms with Crippen LogP contribution >= 0.6 is 0 Å². The van der Waals surface area contributed by atoms with E-state index < -0.39 is 0 Å². The number of nitrogens with zero attached hydrogens (tertiary/aromatic N) is 3. The first kappa shape index (κ1) is 18.6. The second-order valence-corrected chi connectivity index (χ2v) is 8.49. The van der Waals surface area contributed by atoms with Crippen LogP contribution in [-0.2, 0) is 0 Å². The smallest absolute Gasteiger partial charge is 0.178 e. The van der Waals surface area contributed by atoms with Crippen LogP contribution in [0.1, 0.15) is 42.7 Å². The van der Waals surface area contributed by atoms with Crippen molar-refractivity contribution in [3.63, 3.8) is 0 Å². The van der Waals surface area contributed by atoms with Crippen molar-refractivity contribution in [3.8, 4) is 11.1 Å². The molecule has 1 saturated heterocycles. The van der Waals surface area contributed by atoms with E-state index in [4.69, 9.17) is 4.98 Å². The zero-order chi connectivity index (χ0) is 20.8. The molecule has 4 atom stereocenters. The molecule has 4 aromatic rings. The Morgan fingerprint density at radius 3 is 2.77 bits per heavy atom. The number of aromatic nitrogens is 4. The zero-order valence-electron chi connectivity index (χ0n) is 16.9. The lowest BCUT2D eigenvalue weighted by Crippen LogP contribution is -2.34. The van der Waals surface area contributed by atoms with Crippen LogP contribution in [0, 0.1) is 11.7 Å². The normalized spacial score (nSPS) is 25.6. The van der Waals surface area contributed by atoms with Crippen LogP contribution in [0.5, 0.6) is 0 Å². The first-order chi connectivity index (χ1) is 15.3. The Balaban J connectivity index is 1.34. The van der Waals surface area contributed by atoms with Crippen LogP contribution in [0.25, 0.3) is 22.3 Å². The van der Waals surface area contributed by atoms with Crippen molar-refractivity contribution in [3.05, 3.63) is 78.3 Å². The van der Waals surface area contributed by atoms with Gasteiger partial charge in [-0.15, -0.1) is 0 Å². The lowest BCUT2D eigenvalue weighted by molar-refractivity contribution is 0.272. The number of rotatable bonds is 3. The number of aromatic amines is 1. The van der Waals surface area contributed by atoms with E-state index in [-0.39, 0.29) is 11.9 Å². The van der Waals surface area contributed by atoms with Crippen molar-refractivity contribution < 1.29 is 4.39 Å². The molecule has 2 aliphatic rings. The first-order valence-electron chi connectivity index (χ1n) is 10.8. The number of halogens is 1. The highest BCUT2D eigenvalue weighted by Crippen LogP contribution is 2.43. The average Bonchev–Trinajstić information content (AvgIpc) is 3.43. The van der Waals surface area contributed by atoms with E-state index in [1.807, 2.05) is 24.4 Å². The highest BCUT2D eigenvalue weighted by molar-refractivity contribution is 5.89. The number of benzene rings is 1. The van der Waals surface area contributed by atoms with E-state index in [0.717, 1.165) is 41.7 Å². The largest absolute Gasteiger partial charge is 0.339 e. The van der Waals surface area contributed by atoms with Crippen molar-refractivity contribution in [2.45, 2.75) is 37.3 Å². The summed E-state index contributed by atoms with van der Waals surface area (Å²) in [6.45, 7) is 0. The summed E-state index contributed by atoms with van der Waals surface area (Å²) in [4.78, 5) is 17.4. The minimum absolute atomic E-state index is 0.0612. The molecule has 1 aromatic carbocycles. The molecule has 0 amide bonds. The molecule has 6 rings (SSSR count). The minimum Gasteiger partial charge on any atom is -0.339 e. The van der Waals surface area contributed by atoms with Gasteiger partial charge in [0, 0.05) is 41.5 Å². The number of imidazole rings is 1. The predicted molar refractivity (Wildman–Crippen MR) is 116 cm³/mol. The van der Waals surface area contributed by atoms with E-state index >= 15 is 0 Å². The predicted octanol–water partition coefficient (Wildman–Crippen LogP) is 4.26. The quantitative estimate of drug-likeness (QED) is 0.467. The van der Waals surface area contributed by atoms with Gasteiger partial charge in [0.15, 0.2) is 5.65 Å². The van der Waals surface area contributed by atoms with Gasteiger partial charge in [0.05, 0.1) is 11.6 Å². The second kappa shape index (κ2) is 7.51. The van der Waals surface area contributed by atoms with E-state index in [2.05, 4.69) is 37.9 Å². The molecule has 7 heteroatoms. The van der Waals surface area contributed by atoms with Crippen LogP contribution < -0.4 is 10.9 Å². The van der Waals surface area contributed by atoms with Crippen LogP contribution in [-0.4, -0.2) is 26.0 Å². The maximum absolute atomic E-state index is 13.8. The van der Waals surface area contributed by atoms with Crippen molar-refractivity contribution in [2.75, 3.05) is 0 Å². The molecule has 1 aliphatic heterocycles. The molecule has 3 N–H and O–H groups in total. The van der Waals surface area contributed by atoms with Gasteiger partial charge in [-0.1, -0.05) is 18.2 Å². The van der Waals surface area contributed by atoms with E-state index in [1.165, 1.54) is 11.8 Å². The summed E-state index contributed by atoms with van der Waals surface area (Å²) in [7, 11) is 0. The Kier molecular flexibility index (Phi) is 4.51. The highest BCUT2D eigenvalue weighted by Gasteiger charge is 2.43. The fourth-order valence-corrected chi connectivity index (χ4v) is 5.19. The molecular weight excluding hydrogens is 391 g/mol. The number of hydrazine groups is 1. The van der Waals surface area contributed by atoms with Crippen LogP contribution in [0.2, 0.25) is 0 Å². The Hall–Kier alpha value is -3.16. The summed E-state index contributed by atoms with van der Waals surface area (Å²) >= 11 is 0. The van der Waals surface area contributed by atoms with Crippen LogP contribution in [0.4, 0.5) is 4.39 Å². The Labute approximate surface area is 179 Å². The number of hydrogen-bond donors (Lipinski definition) is 3. The summed E-state index contributed by atoms with van der Waals surface area (Å²) in [6.07, 6.45) is 6.89. The minimum atomic E-state index is -0.255. The average molecular weight is 414 g/mol. The highest BCUT2D eigenvalue weighted by atomic mass is 19.1. The molecule has 2 fully saturated rings. The third kappa shape index (κ3) is 3.30. The molecule has 3 aromatic heterocycles. The lowest BCUT2D eigenvalue weighted by atomic mass is 9.74. The zero-order valence-corrected chi connectivity index (χ0v) is 16.9. The molecule has 1 saturated carbocycles. The van der Waals surface area contributed by atoms with Gasteiger partial charge >= 0.3 is 0 Å². The van der Waals surface area contributed by atoms with Gasteiger partial charge in [0.25, 0.3) is 0 Å². The van der Waals surface area contributed by atoms with Gasteiger partial charge in [0.1, 0.15) is 11.6 Å². The Morgan fingerprint density at radius 2 is 1.90 bits per heavy atom. The molecule has 0 bridgehead atoms. The number of H-pyrrole nitrogens is 1. The maximum atomic E-state index is 13.8. The van der Waals surface area contributed by atoms with Gasteiger partial charge < -0.3 is 4.98 Å². The van der Waals surface area contributed by atoms with E-state index in [1.54, 1.807) is 18.3 Å². The summed E-state index contributed by atoms with van der Waals surface area (Å²) in [5.74, 6) is 1.47. The molecule has 156 valence electrons. The van der Waals surface area contributed by atoms with Crippen LogP contribution in [0.3, 0.4) is 0 Å². The van der Waals surface area contributed by atoms with Crippen LogP contribution in [0.15, 0.2) is 60.9 Å². The number of pyridine rings is 2. The number of nitrogens with one attached hydrogen (secondary N) is 3. The fourth-order valence-electron chi connectivity index (χ4n) is 5.19. The standard InChI is InChI=1S/C24H23FN6/c25-16-5-3-4-14(12-16)17-9-11-27-23-21(17)28-24(29-23)22-18-13-15(7-8-20(18)30-31-22)19-6-1-2-10-26-19/h1-6,9-12,15,18,20,22,30-31H,7-8,13H2,(H,27,28,29).